The van der Waals surface area contributed by atoms with E-state index in [0.29, 0.717) is 25.2 Å². The van der Waals surface area contributed by atoms with E-state index < -0.39 is 36.7 Å². The lowest BCUT2D eigenvalue weighted by molar-refractivity contribution is -0.137. The third kappa shape index (κ3) is 3.45. The standard InChI is InChI=1S/C11H11Cl2F3N2O2S/c12-8-5-7(11(14,15)16)6-9(13)10(8)21(19,20)18-3-1-17-2-4-18/h5-6,17H,1-4H2. The summed E-state index contributed by atoms with van der Waals surface area (Å²) < 4.78 is 64.0. The molecule has 2 rings (SSSR count). The Morgan fingerprint density at radius 1 is 1.10 bits per heavy atom. The maximum atomic E-state index is 12.6. The van der Waals surface area contributed by atoms with Crippen molar-refractivity contribution in [3.8, 4) is 0 Å². The number of nitrogens with one attached hydrogen (secondary N) is 1. The lowest BCUT2D eigenvalue weighted by atomic mass is 10.2. The van der Waals surface area contributed by atoms with Gasteiger partial charge in [-0.05, 0) is 12.1 Å². The molecular weight excluding hydrogens is 352 g/mol. The molecule has 1 saturated heterocycles. The van der Waals surface area contributed by atoms with Crippen molar-refractivity contribution in [3.63, 3.8) is 0 Å². The number of sulfonamides is 1. The molecule has 4 nitrogen and oxygen atoms in total. The monoisotopic (exact) mass is 362 g/mol. The maximum absolute atomic E-state index is 12.6. The summed E-state index contributed by atoms with van der Waals surface area (Å²) in [7, 11) is -4.02. The Balaban J connectivity index is 2.49. The van der Waals surface area contributed by atoms with Gasteiger partial charge in [-0.25, -0.2) is 8.42 Å². The topological polar surface area (TPSA) is 49.4 Å². The molecule has 1 fully saturated rings. The van der Waals surface area contributed by atoms with E-state index in [2.05, 4.69) is 5.32 Å². The molecule has 0 unspecified atom stereocenters. The van der Waals surface area contributed by atoms with Crippen LogP contribution < -0.4 is 5.32 Å². The molecule has 0 bridgehead atoms. The van der Waals surface area contributed by atoms with Crippen molar-refractivity contribution in [1.29, 1.82) is 0 Å². The van der Waals surface area contributed by atoms with Crippen LogP contribution in [0.15, 0.2) is 17.0 Å². The van der Waals surface area contributed by atoms with Crippen LogP contribution in [-0.4, -0.2) is 38.9 Å². The van der Waals surface area contributed by atoms with Gasteiger partial charge in [0.2, 0.25) is 10.0 Å². The molecule has 0 radical (unpaired) electrons. The number of piperazine rings is 1. The van der Waals surface area contributed by atoms with Gasteiger partial charge in [0.1, 0.15) is 4.90 Å². The molecule has 21 heavy (non-hydrogen) atoms. The number of alkyl halides is 3. The van der Waals surface area contributed by atoms with E-state index in [1.54, 1.807) is 0 Å². The first-order chi connectivity index (χ1) is 9.64. The Kier molecular flexibility index (Phi) is 4.75. The summed E-state index contributed by atoms with van der Waals surface area (Å²) >= 11 is 11.5. The van der Waals surface area contributed by atoms with Crippen molar-refractivity contribution in [2.24, 2.45) is 0 Å². The Hall–Kier alpha value is -0.540. The summed E-state index contributed by atoms with van der Waals surface area (Å²) in [5, 5.41) is 1.91. The summed E-state index contributed by atoms with van der Waals surface area (Å²) in [4.78, 5) is -0.485. The van der Waals surface area contributed by atoms with Gasteiger partial charge in [-0.2, -0.15) is 17.5 Å². The van der Waals surface area contributed by atoms with E-state index in [1.807, 2.05) is 0 Å². The van der Waals surface area contributed by atoms with Crippen LogP contribution >= 0.6 is 23.2 Å². The Morgan fingerprint density at radius 2 is 1.57 bits per heavy atom. The van der Waals surface area contributed by atoms with Gasteiger partial charge in [0.05, 0.1) is 15.6 Å². The fourth-order valence-corrected chi connectivity index (χ4v) is 4.59. The van der Waals surface area contributed by atoms with E-state index in [4.69, 9.17) is 23.2 Å². The number of hydrogen-bond acceptors (Lipinski definition) is 3. The fraction of sp³-hybridized carbons (Fsp3) is 0.455. The minimum atomic E-state index is -4.65. The first-order valence-corrected chi connectivity index (χ1v) is 8.11. The number of halogens is 5. The summed E-state index contributed by atoms with van der Waals surface area (Å²) in [5.41, 5.74) is -1.09. The molecule has 0 saturated carbocycles. The van der Waals surface area contributed by atoms with Crippen LogP contribution in [-0.2, 0) is 16.2 Å². The minimum Gasteiger partial charge on any atom is -0.314 e. The predicted molar refractivity (Wildman–Crippen MR) is 73.1 cm³/mol. The third-order valence-corrected chi connectivity index (χ3v) is 5.82. The molecule has 0 aliphatic carbocycles. The molecule has 0 aromatic heterocycles. The van der Waals surface area contributed by atoms with E-state index in [9.17, 15) is 21.6 Å². The average Bonchev–Trinajstić information content (AvgIpc) is 2.37. The zero-order chi connectivity index (χ0) is 15.8. The Morgan fingerprint density at radius 3 is 2.00 bits per heavy atom. The van der Waals surface area contributed by atoms with Crippen LogP contribution in [0.3, 0.4) is 0 Å². The second-order valence-corrected chi connectivity index (χ2v) is 7.11. The quantitative estimate of drug-likeness (QED) is 0.879. The fourth-order valence-electron chi connectivity index (χ4n) is 1.98. The summed E-state index contributed by atoms with van der Waals surface area (Å²) in [6.07, 6.45) is -4.65. The first kappa shape index (κ1) is 16.8. The first-order valence-electron chi connectivity index (χ1n) is 5.91. The lowest BCUT2D eigenvalue weighted by Gasteiger charge is -2.27. The molecule has 0 amide bonds. The number of hydrogen-bond donors (Lipinski definition) is 1. The second kappa shape index (κ2) is 5.92. The highest BCUT2D eigenvalue weighted by atomic mass is 35.5. The predicted octanol–water partition coefficient (Wildman–Crippen LogP) is 2.61. The van der Waals surface area contributed by atoms with Crippen molar-refractivity contribution >= 4 is 33.2 Å². The SMILES string of the molecule is O=S(=O)(c1c(Cl)cc(C(F)(F)F)cc1Cl)N1CCNCC1. The second-order valence-electron chi connectivity index (χ2n) is 4.42. The third-order valence-electron chi connectivity index (χ3n) is 3.00. The van der Waals surface area contributed by atoms with Gasteiger partial charge < -0.3 is 5.32 Å². The highest BCUT2D eigenvalue weighted by Crippen LogP contribution is 2.38. The highest BCUT2D eigenvalue weighted by Gasteiger charge is 2.35. The number of benzene rings is 1. The molecule has 0 atom stereocenters. The van der Waals surface area contributed by atoms with Crippen LogP contribution in [0.5, 0.6) is 0 Å². The van der Waals surface area contributed by atoms with Crippen molar-refractivity contribution in [3.05, 3.63) is 27.7 Å². The van der Waals surface area contributed by atoms with E-state index in [0.717, 1.165) is 4.31 Å². The number of rotatable bonds is 2. The maximum Gasteiger partial charge on any atom is 0.416 e. The van der Waals surface area contributed by atoms with Gasteiger partial charge in [0.15, 0.2) is 0 Å². The van der Waals surface area contributed by atoms with E-state index in [-0.39, 0.29) is 13.1 Å². The van der Waals surface area contributed by atoms with Crippen molar-refractivity contribution in [2.45, 2.75) is 11.1 Å². The van der Waals surface area contributed by atoms with Gasteiger partial charge >= 0.3 is 6.18 Å². The molecule has 1 aromatic carbocycles. The Labute approximate surface area is 129 Å². The van der Waals surface area contributed by atoms with Gasteiger partial charge in [0, 0.05) is 26.2 Å². The average molecular weight is 363 g/mol. The molecule has 1 aliphatic rings. The van der Waals surface area contributed by atoms with Crippen molar-refractivity contribution < 1.29 is 21.6 Å². The van der Waals surface area contributed by atoms with Gasteiger partial charge in [-0.15, -0.1) is 0 Å². The summed E-state index contributed by atoms with van der Waals surface area (Å²) in [6, 6.07) is 1.14. The molecule has 118 valence electrons. The molecule has 10 heteroatoms. The minimum absolute atomic E-state index is 0.204. The smallest absolute Gasteiger partial charge is 0.314 e. The molecule has 1 aliphatic heterocycles. The Bertz CT molecular complexity index is 620. The zero-order valence-corrected chi connectivity index (χ0v) is 12.9. The van der Waals surface area contributed by atoms with Crippen LogP contribution in [0.4, 0.5) is 13.2 Å². The van der Waals surface area contributed by atoms with Crippen LogP contribution in [0, 0.1) is 0 Å². The normalized spacial score (nSPS) is 18.0. The summed E-state index contributed by atoms with van der Waals surface area (Å²) in [5.74, 6) is 0. The van der Waals surface area contributed by atoms with Crippen LogP contribution in [0.1, 0.15) is 5.56 Å². The van der Waals surface area contributed by atoms with Gasteiger partial charge in [-0.3, -0.25) is 0 Å². The van der Waals surface area contributed by atoms with Crippen LogP contribution in [0.2, 0.25) is 10.0 Å². The largest absolute Gasteiger partial charge is 0.416 e. The zero-order valence-electron chi connectivity index (χ0n) is 10.5. The van der Waals surface area contributed by atoms with E-state index in [1.165, 1.54) is 0 Å². The lowest BCUT2D eigenvalue weighted by Crippen LogP contribution is -2.46. The number of nitrogens with zero attached hydrogens (tertiary/aromatic N) is 1. The van der Waals surface area contributed by atoms with Gasteiger partial charge in [-0.1, -0.05) is 23.2 Å². The molecular formula is C11H11Cl2F3N2O2S. The van der Waals surface area contributed by atoms with Crippen LogP contribution in [0.25, 0.3) is 0 Å². The van der Waals surface area contributed by atoms with Crippen molar-refractivity contribution in [2.75, 3.05) is 26.2 Å². The molecule has 1 N–H and O–H groups in total. The molecule has 1 heterocycles. The molecule has 0 spiro atoms. The highest BCUT2D eigenvalue weighted by molar-refractivity contribution is 7.89. The van der Waals surface area contributed by atoms with E-state index >= 15 is 0 Å². The van der Waals surface area contributed by atoms with Gasteiger partial charge in [0.25, 0.3) is 0 Å². The summed E-state index contributed by atoms with van der Waals surface area (Å²) in [6.45, 7) is 1.32. The molecule has 1 aromatic rings. The van der Waals surface area contributed by atoms with Crippen molar-refractivity contribution in [1.82, 2.24) is 9.62 Å².